The fourth-order valence-electron chi connectivity index (χ4n) is 0.994. The summed E-state index contributed by atoms with van der Waals surface area (Å²) < 4.78 is 0. The molecule has 0 atom stereocenters. The topological polar surface area (TPSA) is 0 Å². The molecule has 0 aliphatic heterocycles. The van der Waals surface area contributed by atoms with Gasteiger partial charge < -0.3 is 0 Å². The van der Waals surface area contributed by atoms with Gasteiger partial charge in [-0.3, -0.25) is 13.2 Å². The molecule has 1 heteroatoms. The first-order valence-corrected chi connectivity index (χ1v) is 6.23. The van der Waals surface area contributed by atoms with E-state index in [-0.39, 0.29) is 16.5 Å². The summed E-state index contributed by atoms with van der Waals surface area (Å²) in [7, 11) is 0. The predicted molar refractivity (Wildman–Crippen MR) is 75.1 cm³/mol. The summed E-state index contributed by atoms with van der Waals surface area (Å²) in [4.78, 5) is 0. The van der Waals surface area contributed by atoms with Gasteiger partial charge in [-0.1, -0.05) is 52.4 Å². The van der Waals surface area contributed by atoms with Gasteiger partial charge in [-0.2, -0.15) is 12.2 Å². The van der Waals surface area contributed by atoms with Crippen LogP contribution in [0.3, 0.4) is 0 Å². The molecule has 0 aliphatic rings. The van der Waals surface area contributed by atoms with Crippen LogP contribution in [0.5, 0.6) is 0 Å². The van der Waals surface area contributed by atoms with E-state index in [4.69, 9.17) is 13.2 Å². The van der Waals surface area contributed by atoms with Crippen LogP contribution in [-0.2, 0) is 16.5 Å². The second-order valence-corrected chi connectivity index (χ2v) is 3.53. The van der Waals surface area contributed by atoms with Gasteiger partial charge in [0.1, 0.15) is 0 Å². The molecule has 0 fully saturated rings. The monoisotopic (exact) mass is 276 g/mol. The maximum absolute atomic E-state index is 5.10. The maximum atomic E-state index is 5.10. The van der Waals surface area contributed by atoms with Crippen molar-refractivity contribution in [2.75, 3.05) is 0 Å². The third-order valence-electron chi connectivity index (χ3n) is 1.94. The van der Waals surface area contributed by atoms with Crippen LogP contribution in [0, 0.1) is 13.2 Å². The van der Waals surface area contributed by atoms with E-state index < -0.39 is 0 Å². The van der Waals surface area contributed by atoms with Crippen molar-refractivity contribution >= 4 is 0 Å². The smallest absolute Gasteiger partial charge is 0.293 e. The summed E-state index contributed by atoms with van der Waals surface area (Å²) in [6.45, 7) is 14.6. The zero-order valence-corrected chi connectivity index (χ0v) is 12.2. The first-order valence-electron chi connectivity index (χ1n) is 6.23. The Morgan fingerprint density at radius 2 is 1.12 bits per heavy atom. The summed E-state index contributed by atoms with van der Waals surface area (Å²) in [6, 6.07) is 0. The SMILES string of the molecule is [CH-]=CC=CCCCC.[CH-]=CC=CCCCC.[Ni+2]. The van der Waals surface area contributed by atoms with Crippen molar-refractivity contribution in [1.82, 2.24) is 0 Å². The minimum atomic E-state index is 0. The van der Waals surface area contributed by atoms with E-state index in [0.29, 0.717) is 0 Å². The summed E-state index contributed by atoms with van der Waals surface area (Å²) in [5.74, 6) is 0. The van der Waals surface area contributed by atoms with Gasteiger partial charge >= 0.3 is 16.5 Å². The van der Waals surface area contributed by atoms with Crippen LogP contribution in [-0.4, -0.2) is 0 Å². The van der Waals surface area contributed by atoms with E-state index in [1.165, 1.54) is 25.7 Å². The van der Waals surface area contributed by atoms with Crippen molar-refractivity contribution < 1.29 is 16.5 Å². The van der Waals surface area contributed by atoms with Gasteiger partial charge in [0.05, 0.1) is 0 Å². The number of hydrogen-bond acceptors (Lipinski definition) is 0. The maximum Gasteiger partial charge on any atom is 2.00 e. The van der Waals surface area contributed by atoms with Gasteiger partial charge in [-0.25, -0.2) is 24.3 Å². The van der Waals surface area contributed by atoms with Crippen molar-refractivity contribution in [3.05, 3.63) is 49.6 Å². The van der Waals surface area contributed by atoms with Gasteiger partial charge in [0.15, 0.2) is 0 Å². The number of allylic oxidation sites excluding steroid dienone is 6. The molecule has 0 unspecified atom stereocenters. The number of unbranched alkanes of at least 4 members (excludes halogenated alkanes) is 4. The normalized spacial score (nSPS) is 9.53. The van der Waals surface area contributed by atoms with Crippen molar-refractivity contribution in [3.8, 4) is 0 Å². The van der Waals surface area contributed by atoms with Crippen LogP contribution >= 0.6 is 0 Å². The second-order valence-electron chi connectivity index (χ2n) is 3.53. The molecule has 100 valence electrons. The van der Waals surface area contributed by atoms with E-state index in [2.05, 4.69) is 26.0 Å². The molecular weight excluding hydrogens is 251 g/mol. The zero-order chi connectivity index (χ0) is 12.5. The Balaban J connectivity index is -0.000000218. The molecular formula is C16H26Ni. The Hall–Kier alpha value is -0.546. The Morgan fingerprint density at radius 1 is 0.765 bits per heavy atom. The largest absolute Gasteiger partial charge is 2.00 e. The van der Waals surface area contributed by atoms with E-state index in [1.54, 1.807) is 12.2 Å². The molecule has 0 amide bonds. The minimum Gasteiger partial charge on any atom is -0.293 e. The third kappa shape index (κ3) is 31.3. The Morgan fingerprint density at radius 3 is 1.35 bits per heavy atom. The molecule has 0 heterocycles. The van der Waals surface area contributed by atoms with E-state index in [1.807, 2.05) is 12.2 Å². The average molecular weight is 277 g/mol. The Bertz CT molecular complexity index is 168. The Kier molecular flexibility index (Phi) is 31.4. The molecule has 0 aromatic heterocycles. The van der Waals surface area contributed by atoms with Crippen LogP contribution in [0.4, 0.5) is 0 Å². The van der Waals surface area contributed by atoms with Crippen molar-refractivity contribution in [2.45, 2.75) is 52.4 Å². The van der Waals surface area contributed by atoms with Gasteiger partial charge in [-0.05, 0) is 0 Å². The van der Waals surface area contributed by atoms with Gasteiger partial charge in [0.2, 0.25) is 0 Å². The zero-order valence-electron chi connectivity index (χ0n) is 11.2. The second kappa shape index (κ2) is 24.6. The summed E-state index contributed by atoms with van der Waals surface area (Å²) in [5.41, 5.74) is 0. The third-order valence-corrected chi connectivity index (χ3v) is 1.94. The molecule has 0 rings (SSSR count). The fraction of sp³-hybridized carbons (Fsp3) is 0.500. The van der Waals surface area contributed by atoms with Gasteiger partial charge in [0.25, 0.3) is 0 Å². The van der Waals surface area contributed by atoms with E-state index >= 15 is 0 Å². The predicted octanol–water partition coefficient (Wildman–Crippen LogP) is 5.44. The minimum absolute atomic E-state index is 0. The first kappa shape index (κ1) is 21.7. The molecule has 0 radical (unpaired) electrons. The molecule has 0 aliphatic carbocycles. The Labute approximate surface area is 119 Å². The summed E-state index contributed by atoms with van der Waals surface area (Å²) >= 11 is 0. The van der Waals surface area contributed by atoms with Crippen LogP contribution in [0.25, 0.3) is 0 Å². The molecule has 0 N–H and O–H groups in total. The average Bonchev–Trinajstić information content (AvgIpc) is 2.31. The summed E-state index contributed by atoms with van der Waals surface area (Å²) in [6.07, 6.45) is 18.4. The number of rotatable bonds is 8. The number of hydrogen-bond donors (Lipinski definition) is 0. The van der Waals surface area contributed by atoms with E-state index in [9.17, 15) is 0 Å². The molecule has 0 nitrogen and oxygen atoms in total. The molecule has 17 heavy (non-hydrogen) atoms. The van der Waals surface area contributed by atoms with Gasteiger partial charge in [-0.15, -0.1) is 0 Å². The molecule has 0 aromatic rings. The molecule has 0 bridgehead atoms. The van der Waals surface area contributed by atoms with Crippen LogP contribution in [0.1, 0.15) is 52.4 Å². The van der Waals surface area contributed by atoms with Crippen molar-refractivity contribution in [3.63, 3.8) is 0 Å². The van der Waals surface area contributed by atoms with Crippen molar-refractivity contribution in [1.29, 1.82) is 0 Å². The fourth-order valence-corrected chi connectivity index (χ4v) is 0.994. The summed E-state index contributed by atoms with van der Waals surface area (Å²) in [5, 5.41) is 0. The van der Waals surface area contributed by atoms with Crippen LogP contribution in [0.2, 0.25) is 0 Å². The van der Waals surface area contributed by atoms with E-state index in [0.717, 1.165) is 12.8 Å². The molecule has 0 spiro atoms. The van der Waals surface area contributed by atoms with Crippen LogP contribution in [0.15, 0.2) is 36.5 Å². The van der Waals surface area contributed by atoms with Gasteiger partial charge in [0, 0.05) is 0 Å². The first-order chi connectivity index (χ1) is 7.83. The molecule has 0 saturated heterocycles. The standard InChI is InChI=1S/2C8H13.Ni/c2*1-3-5-7-8-6-4-2;/h2*1,3,5,7H,4,6,8H2,2H3;/q2*-1;+2. The van der Waals surface area contributed by atoms with Crippen molar-refractivity contribution in [2.24, 2.45) is 0 Å². The quantitative estimate of drug-likeness (QED) is 0.240. The molecule has 0 aromatic carbocycles. The van der Waals surface area contributed by atoms with Crippen LogP contribution < -0.4 is 0 Å². The molecule has 0 saturated carbocycles.